The quantitative estimate of drug-likeness (QED) is 0.586. The van der Waals surface area contributed by atoms with E-state index in [0.29, 0.717) is 0 Å². The maximum absolute atomic E-state index is 4.68. The smallest absolute Gasteiger partial charge is 0.0499 e. The summed E-state index contributed by atoms with van der Waals surface area (Å²) in [6.07, 6.45) is 4.15. The van der Waals surface area contributed by atoms with Crippen molar-refractivity contribution < 1.29 is 0 Å². The fraction of sp³-hybridized carbons (Fsp3) is 0.240. The van der Waals surface area contributed by atoms with E-state index in [9.17, 15) is 0 Å². The minimum atomic E-state index is 0.972. The third-order valence-corrected chi connectivity index (χ3v) is 5.24. The summed E-state index contributed by atoms with van der Waals surface area (Å²) < 4.78 is 0. The standard InChI is InChI=1S/C25H27N3/c1-21(18-22-8-3-2-4-9-22)19-26-28-16-14-27(15-17-28)20-24-12-7-11-23-10-5-6-13-25(23)24/h2-13,18-19H,14-17,20H2,1H3/b21-18+,26-19+. The van der Waals surface area contributed by atoms with Gasteiger partial charge in [0, 0.05) is 38.9 Å². The summed E-state index contributed by atoms with van der Waals surface area (Å²) >= 11 is 0. The molecular weight excluding hydrogens is 342 g/mol. The number of piperazine rings is 1. The topological polar surface area (TPSA) is 18.8 Å². The van der Waals surface area contributed by atoms with Crippen LogP contribution in [0.25, 0.3) is 16.8 Å². The van der Waals surface area contributed by atoms with Crippen LogP contribution in [0.5, 0.6) is 0 Å². The van der Waals surface area contributed by atoms with Gasteiger partial charge in [0.15, 0.2) is 0 Å². The lowest BCUT2D eigenvalue weighted by Gasteiger charge is -2.33. The monoisotopic (exact) mass is 369 g/mol. The highest BCUT2D eigenvalue weighted by Gasteiger charge is 2.16. The Balaban J connectivity index is 1.33. The molecule has 0 atom stereocenters. The molecule has 1 aliphatic heterocycles. The zero-order chi connectivity index (χ0) is 19.2. The zero-order valence-electron chi connectivity index (χ0n) is 16.5. The van der Waals surface area contributed by atoms with E-state index < -0.39 is 0 Å². The summed E-state index contributed by atoms with van der Waals surface area (Å²) in [4.78, 5) is 2.53. The fourth-order valence-electron chi connectivity index (χ4n) is 3.70. The van der Waals surface area contributed by atoms with Gasteiger partial charge in [-0.2, -0.15) is 5.10 Å². The second kappa shape index (κ2) is 8.85. The van der Waals surface area contributed by atoms with Crippen molar-refractivity contribution in [1.29, 1.82) is 0 Å². The van der Waals surface area contributed by atoms with Gasteiger partial charge in [-0.3, -0.25) is 9.91 Å². The molecule has 1 aliphatic rings. The van der Waals surface area contributed by atoms with Crippen molar-refractivity contribution in [2.24, 2.45) is 5.10 Å². The molecule has 3 heteroatoms. The van der Waals surface area contributed by atoms with E-state index in [-0.39, 0.29) is 0 Å². The van der Waals surface area contributed by atoms with Gasteiger partial charge in [-0.1, -0.05) is 78.9 Å². The van der Waals surface area contributed by atoms with Crippen LogP contribution in [0.1, 0.15) is 18.1 Å². The minimum Gasteiger partial charge on any atom is -0.295 e. The molecule has 0 amide bonds. The Bertz CT molecular complexity index is 962. The number of nitrogens with zero attached hydrogens (tertiary/aromatic N) is 3. The summed E-state index contributed by atoms with van der Waals surface area (Å²) in [5, 5.41) is 9.56. The first-order chi connectivity index (χ1) is 13.8. The predicted octanol–water partition coefficient (Wildman–Crippen LogP) is 5.05. The van der Waals surface area contributed by atoms with Gasteiger partial charge < -0.3 is 0 Å². The highest BCUT2D eigenvalue weighted by atomic mass is 15.5. The van der Waals surface area contributed by atoms with Crippen molar-refractivity contribution >= 4 is 23.1 Å². The summed E-state index contributed by atoms with van der Waals surface area (Å²) in [5.41, 5.74) is 3.80. The van der Waals surface area contributed by atoms with Gasteiger partial charge in [-0.15, -0.1) is 0 Å². The summed E-state index contributed by atoms with van der Waals surface area (Å²) in [7, 11) is 0. The van der Waals surface area contributed by atoms with Crippen molar-refractivity contribution in [2.45, 2.75) is 13.5 Å². The Morgan fingerprint density at radius 2 is 1.57 bits per heavy atom. The number of hydrogen-bond donors (Lipinski definition) is 0. The highest BCUT2D eigenvalue weighted by molar-refractivity contribution is 5.85. The number of allylic oxidation sites excluding steroid dienone is 1. The Labute approximate surface area is 167 Å². The van der Waals surface area contributed by atoms with Crippen LogP contribution in [0.4, 0.5) is 0 Å². The number of fused-ring (bicyclic) bond motifs is 1. The molecule has 3 aromatic carbocycles. The van der Waals surface area contributed by atoms with Crippen molar-refractivity contribution in [3.05, 3.63) is 89.5 Å². The molecule has 0 unspecified atom stereocenters. The molecule has 3 aromatic rings. The normalized spacial score (nSPS) is 16.2. The van der Waals surface area contributed by atoms with E-state index in [1.807, 2.05) is 12.3 Å². The minimum absolute atomic E-state index is 0.972. The molecule has 0 spiro atoms. The molecule has 0 aliphatic carbocycles. The number of benzene rings is 3. The van der Waals surface area contributed by atoms with E-state index in [1.165, 1.54) is 27.5 Å². The van der Waals surface area contributed by atoms with Crippen molar-refractivity contribution in [2.75, 3.05) is 26.2 Å². The first-order valence-electron chi connectivity index (χ1n) is 9.99. The van der Waals surface area contributed by atoms with Crippen LogP contribution in [-0.2, 0) is 6.54 Å². The molecule has 0 bridgehead atoms. The Hall–Kier alpha value is -2.91. The maximum Gasteiger partial charge on any atom is 0.0499 e. The van der Waals surface area contributed by atoms with Crippen LogP contribution in [0.3, 0.4) is 0 Å². The summed E-state index contributed by atoms with van der Waals surface area (Å²) in [6, 6.07) is 25.7. The van der Waals surface area contributed by atoms with Crippen LogP contribution < -0.4 is 0 Å². The Kier molecular flexibility index (Phi) is 5.83. The number of hydrazone groups is 1. The third kappa shape index (κ3) is 4.68. The SMILES string of the molecule is CC(/C=N/N1CCN(Cc2cccc3ccccc23)CC1)=C\c1ccccc1. The highest BCUT2D eigenvalue weighted by Crippen LogP contribution is 2.20. The Morgan fingerprint density at radius 1 is 0.857 bits per heavy atom. The molecule has 0 N–H and O–H groups in total. The molecule has 0 radical (unpaired) electrons. The van der Waals surface area contributed by atoms with Gasteiger partial charge in [0.2, 0.25) is 0 Å². The Morgan fingerprint density at radius 3 is 2.39 bits per heavy atom. The largest absolute Gasteiger partial charge is 0.295 e. The molecule has 1 heterocycles. The first-order valence-corrected chi connectivity index (χ1v) is 9.99. The molecule has 1 saturated heterocycles. The van der Waals surface area contributed by atoms with E-state index in [4.69, 9.17) is 0 Å². The molecule has 4 rings (SSSR count). The predicted molar refractivity (Wildman–Crippen MR) is 119 cm³/mol. The second-order valence-corrected chi connectivity index (χ2v) is 7.41. The molecule has 3 nitrogen and oxygen atoms in total. The van der Waals surface area contributed by atoms with Gasteiger partial charge >= 0.3 is 0 Å². The average Bonchev–Trinajstić information content (AvgIpc) is 2.74. The van der Waals surface area contributed by atoms with Crippen molar-refractivity contribution in [1.82, 2.24) is 9.91 Å². The van der Waals surface area contributed by atoms with E-state index in [1.54, 1.807) is 0 Å². The van der Waals surface area contributed by atoms with E-state index in [0.717, 1.165) is 32.7 Å². The molecule has 142 valence electrons. The van der Waals surface area contributed by atoms with Gasteiger partial charge in [0.1, 0.15) is 0 Å². The van der Waals surface area contributed by atoms with Crippen LogP contribution >= 0.6 is 0 Å². The summed E-state index contributed by atoms with van der Waals surface area (Å²) in [6.45, 7) is 7.14. The molecule has 0 saturated carbocycles. The molecule has 1 fully saturated rings. The van der Waals surface area contributed by atoms with Gasteiger partial charge in [0.25, 0.3) is 0 Å². The lowest BCUT2D eigenvalue weighted by molar-refractivity contribution is 0.131. The second-order valence-electron chi connectivity index (χ2n) is 7.41. The zero-order valence-corrected chi connectivity index (χ0v) is 16.5. The van der Waals surface area contributed by atoms with E-state index in [2.05, 4.69) is 94.7 Å². The average molecular weight is 370 g/mol. The van der Waals surface area contributed by atoms with Gasteiger partial charge in [-0.05, 0) is 34.4 Å². The lowest BCUT2D eigenvalue weighted by atomic mass is 10.0. The lowest BCUT2D eigenvalue weighted by Crippen LogP contribution is -2.43. The van der Waals surface area contributed by atoms with Crippen molar-refractivity contribution in [3.8, 4) is 0 Å². The van der Waals surface area contributed by atoms with Gasteiger partial charge in [-0.25, -0.2) is 0 Å². The molecule has 0 aromatic heterocycles. The number of hydrogen-bond acceptors (Lipinski definition) is 3. The third-order valence-electron chi connectivity index (χ3n) is 5.24. The number of rotatable bonds is 5. The van der Waals surface area contributed by atoms with Crippen molar-refractivity contribution in [3.63, 3.8) is 0 Å². The van der Waals surface area contributed by atoms with Crippen LogP contribution in [0.15, 0.2) is 83.5 Å². The fourth-order valence-corrected chi connectivity index (χ4v) is 3.70. The van der Waals surface area contributed by atoms with Crippen LogP contribution in [-0.4, -0.2) is 42.3 Å². The van der Waals surface area contributed by atoms with Crippen LogP contribution in [0, 0.1) is 0 Å². The maximum atomic E-state index is 4.68. The van der Waals surface area contributed by atoms with Crippen LogP contribution in [0.2, 0.25) is 0 Å². The first kappa shape index (κ1) is 18.5. The summed E-state index contributed by atoms with van der Waals surface area (Å²) in [5.74, 6) is 0. The molecular formula is C25H27N3. The molecule has 28 heavy (non-hydrogen) atoms. The van der Waals surface area contributed by atoms with E-state index >= 15 is 0 Å². The van der Waals surface area contributed by atoms with Gasteiger partial charge in [0.05, 0.1) is 0 Å².